The minimum absolute atomic E-state index is 0.0184. The molecule has 3 heterocycles. The summed E-state index contributed by atoms with van der Waals surface area (Å²) in [4.78, 5) is 33.5. The fourth-order valence-corrected chi connectivity index (χ4v) is 3.61. The van der Waals surface area contributed by atoms with Crippen LogP contribution in [0.1, 0.15) is 17.5 Å². The van der Waals surface area contributed by atoms with Crippen molar-refractivity contribution in [3.8, 4) is 0 Å². The van der Waals surface area contributed by atoms with E-state index in [2.05, 4.69) is 15.3 Å². The minimum Gasteiger partial charge on any atom is -0.361 e. The highest BCUT2D eigenvalue weighted by molar-refractivity contribution is 5.89. The lowest BCUT2D eigenvalue weighted by Gasteiger charge is -2.16. The Hall–Kier alpha value is -3.22. The number of hydrogen-bond donors (Lipinski definition) is 2. The fraction of sp³-hybridized carbons (Fsp3) is 0.286. The molecule has 1 aliphatic rings. The first-order chi connectivity index (χ1) is 13.6. The molecular formula is C21H21FN4O2. The number of rotatable bonds is 6. The van der Waals surface area contributed by atoms with Gasteiger partial charge in [0.1, 0.15) is 5.82 Å². The Bertz CT molecular complexity index is 1000. The van der Waals surface area contributed by atoms with Crippen LogP contribution in [-0.2, 0) is 22.6 Å². The highest BCUT2D eigenvalue weighted by atomic mass is 19.1. The zero-order valence-electron chi connectivity index (χ0n) is 15.3. The molecule has 0 aliphatic carbocycles. The van der Waals surface area contributed by atoms with Crippen LogP contribution in [0, 0.1) is 11.7 Å². The molecule has 1 unspecified atom stereocenters. The molecule has 0 radical (unpaired) electrons. The highest BCUT2D eigenvalue weighted by Gasteiger charge is 2.33. The molecule has 2 amide bonds. The number of pyridine rings is 1. The van der Waals surface area contributed by atoms with E-state index in [1.165, 1.54) is 12.1 Å². The molecule has 1 atom stereocenters. The predicted octanol–water partition coefficient (Wildman–Crippen LogP) is 2.41. The van der Waals surface area contributed by atoms with Gasteiger partial charge >= 0.3 is 0 Å². The number of aromatic amines is 1. The summed E-state index contributed by atoms with van der Waals surface area (Å²) in [6.07, 6.45) is 6.05. The molecule has 0 spiro atoms. The number of carbonyl (C=O) groups is 2. The van der Waals surface area contributed by atoms with E-state index in [4.69, 9.17) is 0 Å². The maximum atomic E-state index is 13.5. The molecule has 1 aromatic carbocycles. The first-order valence-electron chi connectivity index (χ1n) is 9.30. The predicted molar refractivity (Wildman–Crippen MR) is 103 cm³/mol. The van der Waals surface area contributed by atoms with Crippen molar-refractivity contribution in [1.82, 2.24) is 20.2 Å². The van der Waals surface area contributed by atoms with Crippen LogP contribution in [0.15, 0.2) is 48.9 Å². The van der Waals surface area contributed by atoms with E-state index in [1.807, 2.05) is 18.3 Å². The number of nitrogens with one attached hydrogen (secondary N) is 2. The summed E-state index contributed by atoms with van der Waals surface area (Å²) < 4.78 is 13.5. The SMILES string of the molecule is O=C(NCc1ccncc1)C1CC(=O)N(CCc2c[nH]c3ccc(F)cc23)C1. The van der Waals surface area contributed by atoms with E-state index in [0.29, 0.717) is 26.1 Å². The molecule has 4 rings (SSSR count). The second kappa shape index (κ2) is 7.80. The van der Waals surface area contributed by atoms with E-state index in [1.54, 1.807) is 23.4 Å². The van der Waals surface area contributed by atoms with Crippen molar-refractivity contribution in [3.05, 3.63) is 65.9 Å². The van der Waals surface area contributed by atoms with Crippen LogP contribution in [0.3, 0.4) is 0 Å². The molecule has 144 valence electrons. The fourth-order valence-electron chi connectivity index (χ4n) is 3.61. The number of halogens is 1. The second-order valence-electron chi connectivity index (χ2n) is 7.07. The summed E-state index contributed by atoms with van der Waals surface area (Å²) >= 11 is 0. The maximum absolute atomic E-state index is 13.5. The zero-order valence-corrected chi connectivity index (χ0v) is 15.3. The van der Waals surface area contributed by atoms with E-state index in [-0.39, 0.29) is 30.0 Å². The maximum Gasteiger partial charge on any atom is 0.225 e. The number of H-pyrrole nitrogens is 1. The van der Waals surface area contributed by atoms with Crippen LogP contribution in [0.4, 0.5) is 4.39 Å². The first-order valence-corrected chi connectivity index (χ1v) is 9.30. The van der Waals surface area contributed by atoms with Gasteiger partial charge in [0.25, 0.3) is 0 Å². The lowest BCUT2D eigenvalue weighted by Crippen LogP contribution is -2.33. The molecule has 0 bridgehead atoms. The van der Waals surface area contributed by atoms with Crippen molar-refractivity contribution >= 4 is 22.7 Å². The number of nitrogens with zero attached hydrogens (tertiary/aromatic N) is 2. The third-order valence-corrected chi connectivity index (χ3v) is 5.18. The van der Waals surface area contributed by atoms with Gasteiger partial charge in [0, 0.05) is 55.5 Å². The summed E-state index contributed by atoms with van der Waals surface area (Å²) in [5, 5.41) is 3.72. The summed E-state index contributed by atoms with van der Waals surface area (Å²) in [5.41, 5.74) is 2.81. The largest absolute Gasteiger partial charge is 0.361 e. The zero-order chi connectivity index (χ0) is 19.5. The molecule has 1 fully saturated rings. The normalized spacial score (nSPS) is 16.7. The van der Waals surface area contributed by atoms with Crippen LogP contribution in [0.2, 0.25) is 0 Å². The number of carbonyl (C=O) groups excluding carboxylic acids is 2. The minimum atomic E-state index is -0.338. The standard InChI is InChI=1S/C21H21FN4O2/c22-17-1-2-19-18(10-17)15(12-24-19)5-8-26-13-16(9-20(26)27)21(28)25-11-14-3-6-23-7-4-14/h1-4,6-7,10,12,16,24H,5,8-9,11,13H2,(H,25,28). The number of likely N-dealkylation sites (tertiary alicyclic amines) is 1. The molecule has 2 N–H and O–H groups in total. The quantitative estimate of drug-likeness (QED) is 0.689. The monoisotopic (exact) mass is 380 g/mol. The molecule has 6 nitrogen and oxygen atoms in total. The van der Waals surface area contributed by atoms with Gasteiger partial charge < -0.3 is 15.2 Å². The van der Waals surface area contributed by atoms with Crippen molar-refractivity contribution < 1.29 is 14.0 Å². The van der Waals surface area contributed by atoms with Crippen LogP contribution in [0.5, 0.6) is 0 Å². The van der Waals surface area contributed by atoms with Crippen LogP contribution in [0.25, 0.3) is 10.9 Å². The number of amides is 2. The number of fused-ring (bicyclic) bond motifs is 1. The van der Waals surface area contributed by atoms with Gasteiger partial charge in [-0.3, -0.25) is 14.6 Å². The lowest BCUT2D eigenvalue weighted by molar-refractivity contribution is -0.129. The van der Waals surface area contributed by atoms with Gasteiger partial charge in [-0.15, -0.1) is 0 Å². The van der Waals surface area contributed by atoms with Crippen molar-refractivity contribution in [2.75, 3.05) is 13.1 Å². The van der Waals surface area contributed by atoms with Crippen molar-refractivity contribution in [2.24, 2.45) is 5.92 Å². The Labute approximate surface area is 161 Å². The Morgan fingerprint density at radius 3 is 2.93 bits per heavy atom. The molecular weight excluding hydrogens is 359 g/mol. The molecule has 0 saturated carbocycles. The molecule has 3 aromatic rings. The van der Waals surface area contributed by atoms with Gasteiger partial charge in [-0.25, -0.2) is 4.39 Å². The van der Waals surface area contributed by atoms with Gasteiger partial charge in [-0.1, -0.05) is 0 Å². The van der Waals surface area contributed by atoms with Crippen LogP contribution in [-0.4, -0.2) is 39.8 Å². The highest BCUT2D eigenvalue weighted by Crippen LogP contribution is 2.22. The van der Waals surface area contributed by atoms with Crippen molar-refractivity contribution in [2.45, 2.75) is 19.4 Å². The van der Waals surface area contributed by atoms with Gasteiger partial charge in [0.15, 0.2) is 0 Å². The van der Waals surface area contributed by atoms with Gasteiger partial charge in [-0.2, -0.15) is 0 Å². The Morgan fingerprint density at radius 2 is 2.11 bits per heavy atom. The molecule has 1 saturated heterocycles. The van der Waals surface area contributed by atoms with Crippen molar-refractivity contribution in [1.29, 1.82) is 0 Å². The molecule has 2 aromatic heterocycles. The summed E-state index contributed by atoms with van der Waals surface area (Å²) in [6, 6.07) is 8.31. The number of benzene rings is 1. The Morgan fingerprint density at radius 1 is 1.29 bits per heavy atom. The van der Waals surface area contributed by atoms with E-state index >= 15 is 0 Å². The first kappa shape index (κ1) is 18.2. The van der Waals surface area contributed by atoms with E-state index < -0.39 is 0 Å². The van der Waals surface area contributed by atoms with Gasteiger partial charge in [0.2, 0.25) is 11.8 Å². The van der Waals surface area contributed by atoms with E-state index in [0.717, 1.165) is 22.0 Å². The summed E-state index contributed by atoms with van der Waals surface area (Å²) in [6.45, 7) is 1.35. The average molecular weight is 380 g/mol. The van der Waals surface area contributed by atoms with Crippen molar-refractivity contribution in [3.63, 3.8) is 0 Å². The second-order valence-corrected chi connectivity index (χ2v) is 7.07. The topological polar surface area (TPSA) is 78.1 Å². The van der Waals surface area contributed by atoms with Gasteiger partial charge in [0.05, 0.1) is 5.92 Å². The van der Waals surface area contributed by atoms with Crippen LogP contribution >= 0.6 is 0 Å². The van der Waals surface area contributed by atoms with E-state index in [9.17, 15) is 14.0 Å². The molecule has 28 heavy (non-hydrogen) atoms. The number of aromatic nitrogens is 2. The Balaban J connectivity index is 1.33. The van der Waals surface area contributed by atoms with Gasteiger partial charge in [-0.05, 0) is 47.9 Å². The number of hydrogen-bond acceptors (Lipinski definition) is 3. The third-order valence-electron chi connectivity index (χ3n) is 5.18. The smallest absolute Gasteiger partial charge is 0.225 e. The summed E-state index contributed by atoms with van der Waals surface area (Å²) in [5.74, 6) is -0.747. The molecule has 7 heteroatoms. The average Bonchev–Trinajstić information content (AvgIpc) is 3.28. The van der Waals surface area contributed by atoms with Crippen LogP contribution < -0.4 is 5.32 Å². The lowest BCUT2D eigenvalue weighted by atomic mass is 10.1. The third kappa shape index (κ3) is 3.88. The Kier molecular flexibility index (Phi) is 5.06. The summed E-state index contributed by atoms with van der Waals surface area (Å²) in [7, 11) is 0. The molecule has 1 aliphatic heterocycles.